The molecule has 0 radical (unpaired) electrons. The van der Waals surface area contributed by atoms with Crippen LogP contribution in [-0.2, 0) is 4.79 Å². The van der Waals surface area contributed by atoms with Crippen LogP contribution in [0.3, 0.4) is 0 Å². The lowest BCUT2D eigenvalue weighted by Gasteiger charge is -2.42. The van der Waals surface area contributed by atoms with Crippen LogP contribution in [0.4, 0.5) is 10.1 Å². The van der Waals surface area contributed by atoms with Crippen molar-refractivity contribution in [3.8, 4) is 0 Å². The monoisotopic (exact) mass is 373 g/mol. The van der Waals surface area contributed by atoms with Gasteiger partial charge >= 0.3 is 0 Å². The smallest absolute Gasteiger partial charge is 0.225 e. The summed E-state index contributed by atoms with van der Waals surface area (Å²) in [6.45, 7) is 8.23. The summed E-state index contributed by atoms with van der Waals surface area (Å²) in [7, 11) is 2.13. The van der Waals surface area contributed by atoms with Crippen molar-refractivity contribution in [1.29, 1.82) is 0 Å². The number of likely N-dealkylation sites (tertiary alicyclic amines) is 2. The van der Waals surface area contributed by atoms with Crippen LogP contribution in [0.5, 0.6) is 0 Å². The number of anilines is 1. The second-order valence-corrected chi connectivity index (χ2v) is 9.34. The SMILES string of the molecule is CN1CCC(C(=O)N2CC[C@H]3[C@@H](C2)CC(C)(C)N3c2cccc(F)c2)CC1. The highest BCUT2D eigenvalue weighted by atomic mass is 19.1. The first kappa shape index (κ1) is 18.7. The molecule has 2 atom stereocenters. The summed E-state index contributed by atoms with van der Waals surface area (Å²) in [4.78, 5) is 19.9. The van der Waals surface area contributed by atoms with Crippen molar-refractivity contribution in [3.63, 3.8) is 0 Å². The largest absolute Gasteiger partial charge is 0.363 e. The molecule has 0 saturated carbocycles. The number of fused-ring (bicyclic) bond motifs is 1. The van der Waals surface area contributed by atoms with Gasteiger partial charge in [-0.3, -0.25) is 4.79 Å². The van der Waals surface area contributed by atoms with E-state index in [9.17, 15) is 9.18 Å². The van der Waals surface area contributed by atoms with E-state index < -0.39 is 0 Å². The third kappa shape index (κ3) is 3.58. The van der Waals surface area contributed by atoms with Gasteiger partial charge in [-0.1, -0.05) is 6.07 Å². The Morgan fingerprint density at radius 2 is 1.89 bits per heavy atom. The Labute approximate surface area is 162 Å². The van der Waals surface area contributed by atoms with Crippen LogP contribution in [0.15, 0.2) is 24.3 Å². The van der Waals surface area contributed by atoms with Crippen LogP contribution in [0, 0.1) is 17.7 Å². The Hall–Kier alpha value is -1.62. The molecule has 5 heteroatoms. The molecule has 0 aromatic heterocycles. The van der Waals surface area contributed by atoms with Crippen LogP contribution in [0.2, 0.25) is 0 Å². The third-order valence-electron chi connectivity index (χ3n) is 6.91. The van der Waals surface area contributed by atoms with Crippen molar-refractivity contribution in [1.82, 2.24) is 9.80 Å². The molecule has 0 unspecified atom stereocenters. The van der Waals surface area contributed by atoms with Crippen molar-refractivity contribution in [2.75, 3.05) is 38.1 Å². The molecular formula is C22H32FN3O. The lowest BCUT2D eigenvalue weighted by atomic mass is 9.88. The van der Waals surface area contributed by atoms with Gasteiger partial charge in [0.05, 0.1) is 0 Å². The van der Waals surface area contributed by atoms with E-state index in [-0.39, 0.29) is 17.3 Å². The summed E-state index contributed by atoms with van der Waals surface area (Å²) >= 11 is 0. The van der Waals surface area contributed by atoms with Gasteiger partial charge in [0.2, 0.25) is 5.91 Å². The first-order valence-corrected chi connectivity index (χ1v) is 10.4. The fourth-order valence-corrected chi connectivity index (χ4v) is 5.63. The number of nitrogens with zero attached hydrogens (tertiary/aromatic N) is 3. The molecule has 3 saturated heterocycles. The van der Waals surface area contributed by atoms with Gasteiger partial charge in [0, 0.05) is 36.3 Å². The van der Waals surface area contributed by atoms with Crippen LogP contribution in [0.1, 0.15) is 39.5 Å². The van der Waals surface area contributed by atoms with Crippen molar-refractivity contribution in [2.45, 2.75) is 51.1 Å². The van der Waals surface area contributed by atoms with E-state index in [1.54, 1.807) is 12.1 Å². The molecule has 27 heavy (non-hydrogen) atoms. The second kappa shape index (κ2) is 7.08. The first-order valence-electron chi connectivity index (χ1n) is 10.4. The zero-order valence-electron chi connectivity index (χ0n) is 16.8. The summed E-state index contributed by atoms with van der Waals surface area (Å²) in [6, 6.07) is 7.37. The Balaban J connectivity index is 1.47. The molecule has 1 aromatic carbocycles. The van der Waals surface area contributed by atoms with Crippen molar-refractivity contribution in [2.24, 2.45) is 11.8 Å². The predicted molar refractivity (Wildman–Crippen MR) is 106 cm³/mol. The van der Waals surface area contributed by atoms with Crippen LogP contribution >= 0.6 is 0 Å². The molecule has 3 aliphatic rings. The number of benzene rings is 1. The van der Waals surface area contributed by atoms with Crippen LogP contribution in [0.25, 0.3) is 0 Å². The molecule has 0 spiro atoms. The lowest BCUT2D eigenvalue weighted by Crippen LogP contribution is -2.52. The molecule has 3 heterocycles. The number of halogens is 1. The molecule has 4 nitrogen and oxygen atoms in total. The van der Waals surface area contributed by atoms with Gasteiger partial charge in [0.25, 0.3) is 0 Å². The maximum atomic E-state index is 13.8. The van der Waals surface area contributed by atoms with Gasteiger partial charge in [-0.05, 0) is 83.8 Å². The van der Waals surface area contributed by atoms with Crippen LogP contribution in [-0.4, -0.2) is 60.5 Å². The maximum absolute atomic E-state index is 13.8. The number of hydrogen-bond acceptors (Lipinski definition) is 3. The molecule has 1 aromatic rings. The number of carbonyl (C=O) groups is 1. The Bertz CT molecular complexity index is 699. The van der Waals surface area contributed by atoms with Gasteiger partial charge in [-0.2, -0.15) is 0 Å². The molecule has 0 bridgehead atoms. The summed E-state index contributed by atoms with van der Waals surface area (Å²) in [5, 5.41) is 0. The number of amides is 1. The van der Waals surface area contributed by atoms with E-state index in [0.717, 1.165) is 57.5 Å². The molecule has 3 fully saturated rings. The predicted octanol–water partition coefficient (Wildman–Crippen LogP) is 3.37. The average molecular weight is 374 g/mol. The Morgan fingerprint density at radius 1 is 1.15 bits per heavy atom. The standard InChI is InChI=1S/C22H32FN3O/c1-22(2)14-17-15-25(21(27)16-7-10-24(3)11-8-16)12-9-20(17)26(22)19-6-4-5-18(23)13-19/h4-6,13,16-17,20H,7-12,14-15H2,1-3H3/t17-,20+/m1/s1. The number of hydrogen-bond donors (Lipinski definition) is 0. The molecular weight excluding hydrogens is 341 g/mol. The van der Waals surface area contributed by atoms with Crippen LogP contribution < -0.4 is 4.90 Å². The highest BCUT2D eigenvalue weighted by molar-refractivity contribution is 5.79. The van der Waals surface area contributed by atoms with Crippen molar-refractivity contribution < 1.29 is 9.18 Å². The van der Waals surface area contributed by atoms with E-state index >= 15 is 0 Å². The summed E-state index contributed by atoms with van der Waals surface area (Å²) < 4.78 is 13.8. The van der Waals surface area contributed by atoms with Gasteiger partial charge in [0.15, 0.2) is 0 Å². The Kier molecular flexibility index (Phi) is 4.91. The molecule has 4 rings (SSSR count). The van der Waals surface area contributed by atoms with E-state index in [4.69, 9.17) is 0 Å². The van der Waals surface area contributed by atoms with Gasteiger partial charge < -0.3 is 14.7 Å². The third-order valence-corrected chi connectivity index (χ3v) is 6.91. The zero-order valence-corrected chi connectivity index (χ0v) is 16.8. The van der Waals surface area contributed by atoms with Crippen molar-refractivity contribution >= 4 is 11.6 Å². The van der Waals surface area contributed by atoms with E-state index in [1.807, 2.05) is 6.07 Å². The lowest BCUT2D eigenvalue weighted by molar-refractivity contribution is -0.138. The van der Waals surface area contributed by atoms with Crippen molar-refractivity contribution in [3.05, 3.63) is 30.1 Å². The average Bonchev–Trinajstić information content (AvgIpc) is 2.90. The van der Waals surface area contributed by atoms with Gasteiger partial charge in [-0.25, -0.2) is 4.39 Å². The second-order valence-electron chi connectivity index (χ2n) is 9.34. The number of piperidine rings is 2. The maximum Gasteiger partial charge on any atom is 0.225 e. The van der Waals surface area contributed by atoms with Gasteiger partial charge in [-0.15, -0.1) is 0 Å². The highest BCUT2D eigenvalue weighted by Gasteiger charge is 2.49. The molecule has 148 valence electrons. The topological polar surface area (TPSA) is 26.8 Å². The number of rotatable bonds is 2. The quantitative estimate of drug-likeness (QED) is 0.795. The minimum atomic E-state index is -0.179. The number of carbonyl (C=O) groups excluding carboxylic acids is 1. The summed E-state index contributed by atoms with van der Waals surface area (Å²) in [5.41, 5.74) is 0.957. The zero-order chi connectivity index (χ0) is 19.2. The molecule has 0 N–H and O–H groups in total. The highest BCUT2D eigenvalue weighted by Crippen LogP contribution is 2.45. The molecule has 1 amide bonds. The minimum absolute atomic E-state index is 0.0181. The normalized spacial score (nSPS) is 29.0. The van der Waals surface area contributed by atoms with E-state index in [1.165, 1.54) is 6.07 Å². The Morgan fingerprint density at radius 3 is 2.59 bits per heavy atom. The fourth-order valence-electron chi connectivity index (χ4n) is 5.63. The minimum Gasteiger partial charge on any atom is -0.363 e. The fraction of sp³-hybridized carbons (Fsp3) is 0.682. The van der Waals surface area contributed by atoms with Gasteiger partial charge in [0.1, 0.15) is 5.82 Å². The first-order chi connectivity index (χ1) is 12.8. The summed E-state index contributed by atoms with van der Waals surface area (Å²) in [5.74, 6) is 0.851. The summed E-state index contributed by atoms with van der Waals surface area (Å²) in [6.07, 6.45) is 4.00. The molecule has 3 aliphatic heterocycles. The van der Waals surface area contributed by atoms with E-state index in [2.05, 4.69) is 35.6 Å². The molecule has 0 aliphatic carbocycles. The van der Waals surface area contributed by atoms with E-state index in [0.29, 0.717) is 17.9 Å².